The van der Waals surface area contributed by atoms with E-state index in [0.29, 0.717) is 41.0 Å². The second kappa shape index (κ2) is 10.1. The highest BCUT2D eigenvalue weighted by Gasteiger charge is 2.34. The summed E-state index contributed by atoms with van der Waals surface area (Å²) in [5.74, 6) is 0.415. The van der Waals surface area contributed by atoms with E-state index in [2.05, 4.69) is 21.2 Å². The number of nitrogens with one attached hydrogen (secondary N) is 1. The van der Waals surface area contributed by atoms with Crippen LogP contribution >= 0.6 is 27.5 Å². The first-order valence-electron chi connectivity index (χ1n) is 10.2. The zero-order valence-electron chi connectivity index (χ0n) is 17.7. The van der Waals surface area contributed by atoms with E-state index in [-0.39, 0.29) is 5.70 Å². The summed E-state index contributed by atoms with van der Waals surface area (Å²) in [5.41, 5.74) is 2.21. The number of ether oxygens (including phenoxy) is 2. The molecule has 0 bridgehead atoms. The van der Waals surface area contributed by atoms with E-state index in [1.807, 2.05) is 37.3 Å². The Labute approximate surface area is 204 Å². The second-order valence-corrected chi connectivity index (χ2v) is 8.47. The molecule has 1 N–H and O–H groups in total. The first-order valence-corrected chi connectivity index (χ1v) is 11.4. The second-order valence-electron chi connectivity index (χ2n) is 7.14. The Kier molecular flexibility index (Phi) is 7.01. The summed E-state index contributed by atoms with van der Waals surface area (Å²) in [5, 5.41) is 2.95. The lowest BCUT2D eigenvalue weighted by Crippen LogP contribution is -2.30. The molecular weight excluding hydrogens is 508 g/mol. The Morgan fingerprint density at radius 1 is 1.03 bits per heavy atom. The summed E-state index contributed by atoms with van der Waals surface area (Å²) in [6, 6.07) is 19.4. The third-order valence-electron chi connectivity index (χ3n) is 4.83. The number of urea groups is 1. The molecule has 0 aliphatic carbocycles. The van der Waals surface area contributed by atoms with Gasteiger partial charge in [0.1, 0.15) is 12.3 Å². The molecule has 1 aliphatic heterocycles. The van der Waals surface area contributed by atoms with E-state index in [4.69, 9.17) is 21.1 Å². The van der Waals surface area contributed by atoms with Crippen LogP contribution < -0.4 is 19.7 Å². The molecule has 8 heteroatoms. The minimum Gasteiger partial charge on any atom is -0.490 e. The van der Waals surface area contributed by atoms with Crippen molar-refractivity contribution in [1.29, 1.82) is 0 Å². The van der Waals surface area contributed by atoms with Crippen molar-refractivity contribution < 1.29 is 19.1 Å². The Morgan fingerprint density at radius 3 is 2.45 bits per heavy atom. The summed E-state index contributed by atoms with van der Waals surface area (Å²) in [6.45, 7) is 2.58. The molecule has 1 heterocycles. The number of nitrogens with zero attached hydrogens (tertiary/aromatic N) is 1. The molecule has 0 spiro atoms. The lowest BCUT2D eigenvalue weighted by Gasteiger charge is -2.15. The third-order valence-corrected chi connectivity index (χ3v) is 5.64. The number of hydrogen-bond acceptors (Lipinski definition) is 4. The first-order chi connectivity index (χ1) is 16.0. The fourth-order valence-corrected chi connectivity index (χ4v) is 3.86. The van der Waals surface area contributed by atoms with Crippen LogP contribution in [0.25, 0.3) is 6.08 Å². The van der Waals surface area contributed by atoms with Crippen molar-refractivity contribution >= 4 is 51.2 Å². The van der Waals surface area contributed by atoms with Gasteiger partial charge < -0.3 is 14.8 Å². The molecule has 0 atom stereocenters. The van der Waals surface area contributed by atoms with Gasteiger partial charge in [0, 0.05) is 4.47 Å². The lowest BCUT2D eigenvalue weighted by atomic mass is 10.1. The molecule has 1 aliphatic rings. The lowest BCUT2D eigenvalue weighted by molar-refractivity contribution is -0.113. The Balaban J connectivity index is 1.59. The van der Waals surface area contributed by atoms with Gasteiger partial charge in [-0.15, -0.1) is 0 Å². The minimum atomic E-state index is -0.511. The minimum absolute atomic E-state index is 0.144. The largest absolute Gasteiger partial charge is 0.490 e. The van der Waals surface area contributed by atoms with Crippen molar-refractivity contribution in [1.82, 2.24) is 5.32 Å². The van der Waals surface area contributed by atoms with Crippen LogP contribution in [0.15, 0.2) is 76.9 Å². The van der Waals surface area contributed by atoms with Crippen LogP contribution in [0.5, 0.6) is 11.5 Å². The Hall–Kier alpha value is -3.29. The molecule has 0 radical (unpaired) electrons. The molecule has 0 saturated carbocycles. The molecule has 3 amide bonds. The molecule has 1 saturated heterocycles. The standard InChI is InChI=1S/C25H20BrClN2O4/c1-2-32-22-14-17(12-20(27)23(22)33-15-16-8-10-18(26)11-9-16)13-21-24(30)29(25(31)28-21)19-6-4-3-5-7-19/h3-14H,2,15H2,1H3,(H,28,31)/b21-13+. The maximum Gasteiger partial charge on any atom is 0.333 e. The molecule has 6 nitrogen and oxygen atoms in total. The molecule has 3 aromatic rings. The monoisotopic (exact) mass is 526 g/mol. The quantitative estimate of drug-likeness (QED) is 0.294. The summed E-state index contributed by atoms with van der Waals surface area (Å²) >= 11 is 9.93. The van der Waals surface area contributed by atoms with E-state index in [1.54, 1.807) is 42.5 Å². The third kappa shape index (κ3) is 5.21. The molecule has 33 heavy (non-hydrogen) atoms. The van der Waals surface area contributed by atoms with Gasteiger partial charge in [0.15, 0.2) is 11.5 Å². The molecular formula is C25H20BrClN2O4. The smallest absolute Gasteiger partial charge is 0.333 e. The van der Waals surface area contributed by atoms with Crippen LogP contribution in [0.2, 0.25) is 5.02 Å². The van der Waals surface area contributed by atoms with E-state index >= 15 is 0 Å². The van der Waals surface area contributed by atoms with Crippen molar-refractivity contribution in [3.05, 3.63) is 93.0 Å². The number of anilines is 1. The number of halogens is 2. The van der Waals surface area contributed by atoms with Crippen LogP contribution in [0, 0.1) is 0 Å². The number of imide groups is 1. The highest BCUT2D eigenvalue weighted by atomic mass is 79.9. The molecule has 4 rings (SSSR count). The molecule has 0 unspecified atom stereocenters. The first kappa shape index (κ1) is 22.9. The number of para-hydroxylation sites is 1. The van der Waals surface area contributed by atoms with E-state index in [0.717, 1.165) is 14.9 Å². The van der Waals surface area contributed by atoms with Crippen LogP contribution in [-0.2, 0) is 11.4 Å². The van der Waals surface area contributed by atoms with Gasteiger partial charge in [0.05, 0.1) is 17.3 Å². The van der Waals surface area contributed by atoms with E-state index in [9.17, 15) is 9.59 Å². The Bertz CT molecular complexity index is 1210. The predicted octanol–water partition coefficient (Wildman–Crippen LogP) is 6.18. The number of carbonyl (C=O) groups excluding carboxylic acids is 2. The van der Waals surface area contributed by atoms with Gasteiger partial charge >= 0.3 is 6.03 Å². The number of benzene rings is 3. The number of carbonyl (C=O) groups is 2. The summed E-state index contributed by atoms with van der Waals surface area (Å²) in [7, 11) is 0. The van der Waals surface area contributed by atoms with Crippen molar-refractivity contribution in [2.24, 2.45) is 0 Å². The van der Waals surface area contributed by atoms with Gasteiger partial charge in [-0.1, -0.05) is 57.9 Å². The van der Waals surface area contributed by atoms with Crippen LogP contribution in [-0.4, -0.2) is 18.5 Å². The molecule has 1 fully saturated rings. The van der Waals surface area contributed by atoms with Gasteiger partial charge in [-0.2, -0.15) is 0 Å². The highest BCUT2D eigenvalue weighted by Crippen LogP contribution is 2.38. The van der Waals surface area contributed by atoms with Crippen molar-refractivity contribution in [3.63, 3.8) is 0 Å². The summed E-state index contributed by atoms with van der Waals surface area (Å²) in [6.07, 6.45) is 1.57. The topological polar surface area (TPSA) is 67.9 Å². The fourth-order valence-electron chi connectivity index (χ4n) is 3.32. The van der Waals surface area contributed by atoms with E-state index < -0.39 is 11.9 Å². The SMILES string of the molecule is CCOc1cc(/C=C2/NC(=O)N(c3ccccc3)C2=O)cc(Cl)c1OCc1ccc(Br)cc1. The average molecular weight is 528 g/mol. The average Bonchev–Trinajstić information content (AvgIpc) is 3.08. The number of rotatable bonds is 7. The zero-order chi connectivity index (χ0) is 23.4. The maximum absolute atomic E-state index is 12.8. The summed E-state index contributed by atoms with van der Waals surface area (Å²) < 4.78 is 12.7. The molecule has 0 aromatic heterocycles. The predicted molar refractivity (Wildman–Crippen MR) is 132 cm³/mol. The number of amides is 3. The number of hydrogen-bond donors (Lipinski definition) is 1. The maximum atomic E-state index is 12.8. The molecule has 168 valence electrons. The van der Waals surface area contributed by atoms with Crippen molar-refractivity contribution in [2.75, 3.05) is 11.5 Å². The Morgan fingerprint density at radius 2 is 1.76 bits per heavy atom. The molecule has 3 aromatic carbocycles. The van der Waals surface area contributed by atoms with Crippen LogP contribution in [0.4, 0.5) is 10.5 Å². The van der Waals surface area contributed by atoms with Gasteiger partial charge in [0.25, 0.3) is 5.91 Å². The van der Waals surface area contributed by atoms with E-state index in [1.165, 1.54) is 0 Å². The van der Waals surface area contributed by atoms with Crippen LogP contribution in [0.1, 0.15) is 18.1 Å². The van der Waals surface area contributed by atoms with Gasteiger partial charge in [-0.3, -0.25) is 4.79 Å². The van der Waals surface area contributed by atoms with Crippen molar-refractivity contribution in [3.8, 4) is 11.5 Å². The van der Waals surface area contributed by atoms with Gasteiger partial charge in [0.2, 0.25) is 0 Å². The van der Waals surface area contributed by atoms with Gasteiger partial charge in [-0.25, -0.2) is 9.69 Å². The van der Waals surface area contributed by atoms with Gasteiger partial charge in [-0.05, 0) is 60.5 Å². The normalized spacial score (nSPS) is 14.5. The highest BCUT2D eigenvalue weighted by molar-refractivity contribution is 9.10. The van der Waals surface area contributed by atoms with Crippen LogP contribution in [0.3, 0.4) is 0 Å². The zero-order valence-corrected chi connectivity index (χ0v) is 20.0. The summed E-state index contributed by atoms with van der Waals surface area (Å²) in [4.78, 5) is 26.3. The fraction of sp³-hybridized carbons (Fsp3) is 0.120. The van der Waals surface area contributed by atoms with Crippen molar-refractivity contribution in [2.45, 2.75) is 13.5 Å².